The normalized spacial score (nSPS) is 12.1. The zero-order valence-electron chi connectivity index (χ0n) is 24.7. The van der Waals surface area contributed by atoms with Crippen LogP contribution >= 0.6 is 0 Å². The molecule has 212 valence electrons. The molecule has 8 aromatic rings. The average molecular weight is 576 g/mol. The lowest BCUT2D eigenvalue weighted by Gasteiger charge is -2.24. The zero-order valence-corrected chi connectivity index (χ0v) is 24.7. The molecule has 1 aliphatic rings. The van der Waals surface area contributed by atoms with Crippen molar-refractivity contribution in [3.63, 3.8) is 0 Å². The summed E-state index contributed by atoms with van der Waals surface area (Å²) in [6.45, 7) is 0.598. The first-order valence-corrected chi connectivity index (χ1v) is 15.5. The molecule has 0 aliphatic carbocycles. The fourth-order valence-electron chi connectivity index (χ4n) is 6.90. The van der Waals surface area contributed by atoms with E-state index < -0.39 is 0 Å². The highest BCUT2D eigenvalue weighted by Crippen LogP contribution is 2.44. The summed E-state index contributed by atoms with van der Waals surface area (Å²) in [4.78, 5) is 0. The summed E-state index contributed by atoms with van der Waals surface area (Å²) in [6.07, 6.45) is 0. The van der Waals surface area contributed by atoms with E-state index in [1.54, 1.807) is 0 Å². The molecule has 2 nitrogen and oxygen atoms in total. The lowest BCUT2D eigenvalue weighted by molar-refractivity contribution is 0.302. The maximum atomic E-state index is 6.24. The fourth-order valence-corrected chi connectivity index (χ4v) is 6.90. The molecule has 1 aromatic heterocycles. The number of hydrogen-bond acceptors (Lipinski definition) is 1. The third-order valence-corrected chi connectivity index (χ3v) is 9.13. The van der Waals surface area contributed by atoms with Crippen molar-refractivity contribution >= 4 is 21.8 Å². The Morgan fingerprint density at radius 3 is 1.76 bits per heavy atom. The Hall–Kier alpha value is -5.86. The van der Waals surface area contributed by atoms with Crippen LogP contribution in [0.2, 0.25) is 0 Å². The van der Waals surface area contributed by atoms with Gasteiger partial charge in [-0.15, -0.1) is 0 Å². The minimum atomic E-state index is 0.598. The van der Waals surface area contributed by atoms with Gasteiger partial charge < -0.3 is 9.30 Å². The quantitative estimate of drug-likeness (QED) is 0.204. The summed E-state index contributed by atoms with van der Waals surface area (Å²) in [7, 11) is 0. The summed E-state index contributed by atoms with van der Waals surface area (Å²) >= 11 is 0. The second-order valence-corrected chi connectivity index (χ2v) is 11.7. The van der Waals surface area contributed by atoms with E-state index in [4.69, 9.17) is 4.74 Å². The Morgan fingerprint density at radius 1 is 0.422 bits per heavy atom. The van der Waals surface area contributed by atoms with Crippen molar-refractivity contribution in [2.75, 3.05) is 0 Å². The number of ether oxygens (including phenoxy) is 1. The second-order valence-electron chi connectivity index (χ2n) is 11.7. The van der Waals surface area contributed by atoms with E-state index >= 15 is 0 Å². The summed E-state index contributed by atoms with van der Waals surface area (Å²) in [5, 5.41) is 2.48. The van der Waals surface area contributed by atoms with Crippen molar-refractivity contribution in [3.8, 4) is 55.9 Å². The largest absolute Gasteiger partial charge is 0.488 e. The Balaban J connectivity index is 1.12. The average Bonchev–Trinajstić information content (AvgIpc) is 3.45. The number of benzene rings is 7. The van der Waals surface area contributed by atoms with Gasteiger partial charge in [-0.3, -0.25) is 0 Å². The number of nitrogens with zero attached hydrogens (tertiary/aromatic N) is 1. The van der Waals surface area contributed by atoms with Gasteiger partial charge in [-0.1, -0.05) is 133 Å². The Kier molecular flexibility index (Phi) is 5.92. The number of hydrogen-bond donors (Lipinski definition) is 0. The highest BCUT2D eigenvalue weighted by molar-refractivity contribution is 6.11. The van der Waals surface area contributed by atoms with Gasteiger partial charge >= 0.3 is 0 Å². The van der Waals surface area contributed by atoms with Crippen LogP contribution in [0.25, 0.3) is 72.0 Å². The highest BCUT2D eigenvalue weighted by atomic mass is 16.5. The third-order valence-electron chi connectivity index (χ3n) is 9.13. The van der Waals surface area contributed by atoms with E-state index in [1.807, 2.05) is 0 Å². The van der Waals surface area contributed by atoms with Gasteiger partial charge in [0.05, 0.1) is 16.7 Å². The first-order chi connectivity index (χ1) is 22.3. The molecule has 0 amide bonds. The van der Waals surface area contributed by atoms with Crippen LogP contribution in [0.4, 0.5) is 0 Å². The van der Waals surface area contributed by atoms with Gasteiger partial charge in [0, 0.05) is 16.3 Å². The summed E-state index contributed by atoms with van der Waals surface area (Å²) < 4.78 is 8.65. The molecule has 2 heterocycles. The predicted octanol–water partition coefficient (Wildman–Crippen LogP) is 11.3. The fraction of sp³-hybridized carbons (Fsp3) is 0.0233. The minimum absolute atomic E-state index is 0.598. The van der Waals surface area contributed by atoms with Gasteiger partial charge in [0.25, 0.3) is 0 Å². The van der Waals surface area contributed by atoms with Crippen LogP contribution in [-0.4, -0.2) is 4.57 Å². The molecule has 0 saturated heterocycles. The zero-order chi connectivity index (χ0) is 29.7. The highest BCUT2D eigenvalue weighted by Gasteiger charge is 2.23. The SMILES string of the molecule is c1ccc(-c2ccc(-c3ccc(-c4ccc5c(c4)c4ccccc4n5-c4cccc5c4-c4ccccc4CO5)cc3)cc2)cc1. The minimum Gasteiger partial charge on any atom is -0.488 e. The standard InChI is InChI=1S/C43H29NO/c1-2-9-29(10-3-1)30-17-19-31(20-18-30)32-21-23-33(24-22-32)34-25-26-40-38(27-34)37-13-6-7-14-39(37)44(40)41-15-8-16-42-43(41)36-12-5-4-11-35(36)28-45-42/h1-27H,28H2. The Morgan fingerprint density at radius 2 is 1.00 bits per heavy atom. The Bertz CT molecular complexity index is 2350. The predicted molar refractivity (Wildman–Crippen MR) is 187 cm³/mol. The summed E-state index contributed by atoms with van der Waals surface area (Å²) in [5.41, 5.74) is 14.4. The van der Waals surface area contributed by atoms with Crippen LogP contribution in [-0.2, 0) is 6.61 Å². The van der Waals surface area contributed by atoms with Gasteiger partial charge in [0.2, 0.25) is 0 Å². The van der Waals surface area contributed by atoms with Crippen LogP contribution in [0.3, 0.4) is 0 Å². The number of fused-ring (bicyclic) bond motifs is 6. The molecular formula is C43H29NO. The van der Waals surface area contributed by atoms with Crippen molar-refractivity contribution in [1.29, 1.82) is 0 Å². The molecule has 0 bridgehead atoms. The molecule has 0 fully saturated rings. The molecule has 0 N–H and O–H groups in total. The van der Waals surface area contributed by atoms with E-state index in [2.05, 4.69) is 168 Å². The van der Waals surface area contributed by atoms with Crippen LogP contribution < -0.4 is 4.74 Å². The van der Waals surface area contributed by atoms with E-state index in [1.165, 1.54) is 66.3 Å². The van der Waals surface area contributed by atoms with Gasteiger partial charge in [0.1, 0.15) is 12.4 Å². The topological polar surface area (TPSA) is 14.2 Å². The van der Waals surface area contributed by atoms with Crippen molar-refractivity contribution in [1.82, 2.24) is 4.57 Å². The number of aromatic nitrogens is 1. The Labute approximate surface area is 262 Å². The molecule has 0 spiro atoms. The second kappa shape index (κ2) is 10.4. The maximum absolute atomic E-state index is 6.24. The van der Waals surface area contributed by atoms with Gasteiger partial charge in [-0.05, 0) is 74.8 Å². The summed E-state index contributed by atoms with van der Waals surface area (Å²) in [6, 6.07) is 58.9. The number of para-hydroxylation sites is 1. The van der Waals surface area contributed by atoms with Crippen molar-refractivity contribution in [2.24, 2.45) is 0 Å². The first kappa shape index (κ1) is 25.6. The van der Waals surface area contributed by atoms with E-state index in [0.717, 1.165) is 17.0 Å². The van der Waals surface area contributed by atoms with Crippen LogP contribution in [0.15, 0.2) is 164 Å². The van der Waals surface area contributed by atoms with Crippen LogP contribution in [0.1, 0.15) is 5.56 Å². The molecule has 0 atom stereocenters. The van der Waals surface area contributed by atoms with E-state index in [9.17, 15) is 0 Å². The van der Waals surface area contributed by atoms with Crippen molar-refractivity contribution in [2.45, 2.75) is 6.61 Å². The molecule has 7 aromatic carbocycles. The molecule has 1 aliphatic heterocycles. The smallest absolute Gasteiger partial charge is 0.129 e. The van der Waals surface area contributed by atoms with E-state index in [-0.39, 0.29) is 0 Å². The van der Waals surface area contributed by atoms with Crippen molar-refractivity contribution in [3.05, 3.63) is 169 Å². The summed E-state index contributed by atoms with van der Waals surface area (Å²) in [5.74, 6) is 0.934. The van der Waals surface area contributed by atoms with Crippen molar-refractivity contribution < 1.29 is 4.74 Å². The number of rotatable bonds is 4. The molecule has 0 saturated carbocycles. The molecule has 9 rings (SSSR count). The maximum Gasteiger partial charge on any atom is 0.129 e. The lowest BCUT2D eigenvalue weighted by Crippen LogP contribution is -2.08. The molecule has 0 radical (unpaired) electrons. The van der Waals surface area contributed by atoms with Gasteiger partial charge in [0.15, 0.2) is 0 Å². The van der Waals surface area contributed by atoms with Gasteiger partial charge in [-0.25, -0.2) is 0 Å². The van der Waals surface area contributed by atoms with E-state index in [0.29, 0.717) is 6.61 Å². The molecule has 2 heteroatoms. The monoisotopic (exact) mass is 575 g/mol. The van der Waals surface area contributed by atoms with Gasteiger partial charge in [-0.2, -0.15) is 0 Å². The lowest BCUT2D eigenvalue weighted by atomic mass is 9.95. The molecule has 45 heavy (non-hydrogen) atoms. The third kappa shape index (κ3) is 4.26. The van der Waals surface area contributed by atoms with Crippen LogP contribution in [0.5, 0.6) is 5.75 Å². The molecular weight excluding hydrogens is 546 g/mol. The first-order valence-electron chi connectivity index (χ1n) is 15.5. The van der Waals surface area contributed by atoms with Crippen LogP contribution in [0, 0.1) is 0 Å². The molecule has 0 unspecified atom stereocenters.